The fourth-order valence-corrected chi connectivity index (χ4v) is 3.61. The number of nitrogens with zero attached hydrogens (tertiary/aromatic N) is 4. The van der Waals surface area contributed by atoms with Gasteiger partial charge in [-0.3, -0.25) is 0 Å². The smallest absolute Gasteiger partial charge is 0.407 e. The molecule has 1 heterocycles. The van der Waals surface area contributed by atoms with E-state index in [0.717, 1.165) is 5.56 Å². The largest absolute Gasteiger partial charge is 0.445 e. The Hall–Kier alpha value is -2.26. The Kier molecular flexibility index (Phi) is 6.94. The van der Waals surface area contributed by atoms with Crippen LogP contribution in [0.25, 0.3) is 0 Å². The highest BCUT2D eigenvalue weighted by atomic mass is 28.4. The van der Waals surface area contributed by atoms with Gasteiger partial charge >= 0.3 is 6.09 Å². The van der Waals surface area contributed by atoms with Crippen LogP contribution in [0.5, 0.6) is 0 Å². The van der Waals surface area contributed by atoms with Gasteiger partial charge in [0.25, 0.3) is 0 Å². The second kappa shape index (κ2) is 8.83. The molecule has 1 aromatic heterocycles. The van der Waals surface area contributed by atoms with Gasteiger partial charge in [-0.25, -0.2) is 4.79 Å². The molecule has 0 radical (unpaired) electrons. The van der Waals surface area contributed by atoms with Crippen LogP contribution in [0, 0.1) is 0 Å². The highest BCUT2D eigenvalue weighted by Gasteiger charge is 2.42. The van der Waals surface area contributed by atoms with Crippen molar-refractivity contribution in [1.82, 2.24) is 25.5 Å². The van der Waals surface area contributed by atoms with E-state index in [1.807, 2.05) is 37.3 Å². The predicted octanol–water partition coefficient (Wildman–Crippen LogP) is 3.59. The quantitative estimate of drug-likeness (QED) is 0.708. The minimum atomic E-state index is -2.14. The van der Waals surface area contributed by atoms with Crippen molar-refractivity contribution >= 4 is 14.4 Å². The number of amides is 1. The number of aryl methyl sites for hydroxylation is 1. The first-order valence-electron chi connectivity index (χ1n) is 9.38. The molecule has 154 valence electrons. The summed E-state index contributed by atoms with van der Waals surface area (Å²) in [6.45, 7) is 12.8. The minimum Gasteiger partial charge on any atom is -0.445 e. The van der Waals surface area contributed by atoms with Crippen LogP contribution in [0.3, 0.4) is 0 Å². The maximum Gasteiger partial charge on any atom is 0.407 e. The molecule has 0 fully saturated rings. The molecular formula is C19H31N5O3Si. The summed E-state index contributed by atoms with van der Waals surface area (Å²) in [5.41, 5.74) is 0.926. The van der Waals surface area contributed by atoms with Crippen LogP contribution in [0.4, 0.5) is 4.79 Å². The third-order valence-electron chi connectivity index (χ3n) is 5.02. The number of rotatable bonds is 7. The molecule has 8 nitrogen and oxygen atoms in total. The number of nitrogens with one attached hydrogen (secondary N) is 1. The molecule has 0 aliphatic heterocycles. The fraction of sp³-hybridized carbons (Fsp3) is 0.579. The summed E-state index contributed by atoms with van der Waals surface area (Å²) >= 11 is 0. The topological polar surface area (TPSA) is 91.2 Å². The molecule has 0 aliphatic rings. The maximum absolute atomic E-state index is 12.3. The second-order valence-corrected chi connectivity index (χ2v) is 13.2. The molecule has 9 heteroatoms. The van der Waals surface area contributed by atoms with E-state index in [4.69, 9.17) is 9.16 Å². The van der Waals surface area contributed by atoms with Crippen LogP contribution >= 0.6 is 0 Å². The van der Waals surface area contributed by atoms with Crippen LogP contribution in [-0.4, -0.2) is 40.7 Å². The van der Waals surface area contributed by atoms with Gasteiger partial charge in [0.2, 0.25) is 5.82 Å². The van der Waals surface area contributed by atoms with Gasteiger partial charge in [-0.1, -0.05) is 51.1 Å². The SMILES string of the molecule is C[C@H](NC(=O)OCc1ccccc1)[C@H](O[Si](C)(C)C(C)(C)C)c1nnn(C)n1. The molecule has 0 spiro atoms. The van der Waals surface area contributed by atoms with Gasteiger partial charge < -0.3 is 14.5 Å². The molecule has 1 aromatic carbocycles. The van der Waals surface area contributed by atoms with Crippen molar-refractivity contribution < 1.29 is 14.0 Å². The van der Waals surface area contributed by atoms with Gasteiger partial charge in [0, 0.05) is 0 Å². The summed E-state index contributed by atoms with van der Waals surface area (Å²) in [6.07, 6.45) is -1.03. The van der Waals surface area contributed by atoms with Crippen LogP contribution in [0.15, 0.2) is 30.3 Å². The molecule has 1 amide bonds. The van der Waals surface area contributed by atoms with Crippen LogP contribution < -0.4 is 5.32 Å². The predicted molar refractivity (Wildman–Crippen MR) is 109 cm³/mol. The zero-order chi connectivity index (χ0) is 20.9. The van der Waals surface area contributed by atoms with Gasteiger partial charge in [-0.05, 0) is 35.8 Å². The van der Waals surface area contributed by atoms with E-state index in [9.17, 15) is 4.79 Å². The van der Waals surface area contributed by atoms with E-state index in [1.54, 1.807) is 7.05 Å². The standard InChI is InChI=1S/C19H31N5O3Si/c1-14(20-18(25)26-13-15-11-9-8-10-12-15)16(17-21-23-24(5)22-17)27-28(6,7)19(2,3)4/h8-12,14,16H,13H2,1-7H3,(H,20,25)/t14-,16-/m0/s1. The highest BCUT2D eigenvalue weighted by molar-refractivity contribution is 6.74. The third kappa shape index (κ3) is 5.87. The first-order valence-corrected chi connectivity index (χ1v) is 12.3. The highest BCUT2D eigenvalue weighted by Crippen LogP contribution is 2.40. The van der Waals surface area contributed by atoms with Gasteiger partial charge in [-0.15, -0.1) is 10.2 Å². The maximum atomic E-state index is 12.3. The molecule has 0 unspecified atom stereocenters. The van der Waals surface area contributed by atoms with Crippen LogP contribution in [0.2, 0.25) is 18.1 Å². The van der Waals surface area contributed by atoms with E-state index < -0.39 is 20.5 Å². The average molecular weight is 406 g/mol. The lowest BCUT2D eigenvalue weighted by Gasteiger charge is -2.39. The number of alkyl carbamates (subject to hydrolysis) is 1. The van der Waals surface area contributed by atoms with E-state index >= 15 is 0 Å². The monoisotopic (exact) mass is 405 g/mol. The number of tetrazole rings is 1. The van der Waals surface area contributed by atoms with Crippen molar-refractivity contribution in [3.05, 3.63) is 41.7 Å². The van der Waals surface area contributed by atoms with Gasteiger partial charge in [0.15, 0.2) is 8.32 Å². The number of aromatic nitrogens is 4. The molecule has 0 saturated carbocycles. The van der Waals surface area contributed by atoms with Crippen molar-refractivity contribution in [3.63, 3.8) is 0 Å². The molecular weight excluding hydrogens is 374 g/mol. The van der Waals surface area contributed by atoms with Crippen molar-refractivity contribution in [1.29, 1.82) is 0 Å². The van der Waals surface area contributed by atoms with Crippen LogP contribution in [0.1, 0.15) is 45.2 Å². The van der Waals surface area contributed by atoms with E-state index in [2.05, 4.69) is 54.6 Å². The zero-order valence-corrected chi connectivity index (χ0v) is 18.8. The number of hydrogen-bond donors (Lipinski definition) is 1. The Morgan fingerprint density at radius 3 is 2.43 bits per heavy atom. The third-order valence-corrected chi connectivity index (χ3v) is 9.47. The second-order valence-electron chi connectivity index (χ2n) is 8.43. The van der Waals surface area contributed by atoms with E-state index in [1.165, 1.54) is 4.80 Å². The summed E-state index contributed by atoms with van der Waals surface area (Å²) in [5.74, 6) is 0.447. The van der Waals surface area contributed by atoms with E-state index in [-0.39, 0.29) is 17.7 Å². The lowest BCUT2D eigenvalue weighted by atomic mass is 10.2. The van der Waals surface area contributed by atoms with Crippen molar-refractivity contribution in [2.75, 3.05) is 0 Å². The number of benzene rings is 1. The first kappa shape index (κ1) is 22.0. The Bertz CT molecular complexity index is 773. The number of carbonyl (C=O) groups excluding carboxylic acids is 1. The fourth-order valence-electron chi connectivity index (χ4n) is 2.31. The summed E-state index contributed by atoms with van der Waals surface area (Å²) in [7, 11) is -0.435. The molecule has 2 atom stereocenters. The normalized spacial score (nSPS) is 14.4. The van der Waals surface area contributed by atoms with Crippen molar-refractivity contribution in [2.24, 2.45) is 7.05 Å². The minimum absolute atomic E-state index is 0.000989. The van der Waals surface area contributed by atoms with Gasteiger partial charge in [-0.2, -0.15) is 4.80 Å². The van der Waals surface area contributed by atoms with Crippen LogP contribution in [-0.2, 0) is 22.8 Å². The lowest BCUT2D eigenvalue weighted by Crippen LogP contribution is -2.47. The van der Waals surface area contributed by atoms with Gasteiger partial charge in [0.1, 0.15) is 12.7 Å². The Labute approximate surface area is 167 Å². The molecule has 2 aromatic rings. The Morgan fingerprint density at radius 2 is 1.89 bits per heavy atom. The van der Waals surface area contributed by atoms with E-state index in [0.29, 0.717) is 5.82 Å². The molecule has 0 saturated heterocycles. The molecule has 0 aliphatic carbocycles. The molecule has 2 rings (SSSR count). The zero-order valence-electron chi connectivity index (χ0n) is 17.8. The molecule has 1 N–H and O–H groups in total. The molecule has 28 heavy (non-hydrogen) atoms. The first-order chi connectivity index (χ1) is 13.0. The van der Waals surface area contributed by atoms with Crippen molar-refractivity contribution in [2.45, 2.75) is 64.6 Å². The Morgan fingerprint density at radius 1 is 1.25 bits per heavy atom. The summed E-state index contributed by atoms with van der Waals surface area (Å²) in [5, 5.41) is 15.2. The van der Waals surface area contributed by atoms with Crippen molar-refractivity contribution in [3.8, 4) is 0 Å². The lowest BCUT2D eigenvalue weighted by molar-refractivity contribution is 0.107. The number of carbonyl (C=O) groups is 1. The Balaban J connectivity index is 2.08. The summed E-state index contributed by atoms with van der Waals surface area (Å²) in [4.78, 5) is 13.7. The number of hydrogen-bond acceptors (Lipinski definition) is 6. The average Bonchev–Trinajstić information content (AvgIpc) is 3.04. The molecule has 0 bridgehead atoms. The summed E-state index contributed by atoms with van der Waals surface area (Å²) in [6, 6.07) is 9.15. The number of ether oxygens (including phenoxy) is 1. The van der Waals surface area contributed by atoms with Gasteiger partial charge in [0.05, 0.1) is 13.1 Å². The summed E-state index contributed by atoms with van der Waals surface area (Å²) < 4.78 is 11.8.